The normalized spacial score (nSPS) is 15.5. The van der Waals surface area contributed by atoms with Crippen LogP contribution in [0.15, 0.2) is 30.5 Å². The summed E-state index contributed by atoms with van der Waals surface area (Å²) in [5.41, 5.74) is 4.18. The minimum absolute atomic E-state index is 0.0394. The number of pyridine rings is 2. The van der Waals surface area contributed by atoms with Gasteiger partial charge in [0.05, 0.1) is 17.3 Å². The molecule has 0 spiro atoms. The molecule has 1 aliphatic heterocycles. The Balaban J connectivity index is 1.64. The van der Waals surface area contributed by atoms with Gasteiger partial charge in [0.25, 0.3) is 0 Å². The maximum Gasteiger partial charge on any atom is 0.319 e. The molecule has 0 aliphatic carbocycles. The van der Waals surface area contributed by atoms with Crippen LogP contribution in [0.2, 0.25) is 0 Å². The van der Waals surface area contributed by atoms with E-state index in [-0.39, 0.29) is 11.8 Å². The van der Waals surface area contributed by atoms with E-state index in [2.05, 4.69) is 20.9 Å². The first-order valence-electron chi connectivity index (χ1n) is 9.86. The Bertz CT molecular complexity index is 1110. The fourth-order valence-corrected chi connectivity index (χ4v) is 3.45. The average Bonchev–Trinajstić information content (AvgIpc) is 2.68. The van der Waals surface area contributed by atoms with E-state index in [9.17, 15) is 9.18 Å². The smallest absolute Gasteiger partial charge is 0.319 e. The minimum atomic E-state index is -0.488. The van der Waals surface area contributed by atoms with Crippen molar-refractivity contribution < 1.29 is 13.9 Å². The van der Waals surface area contributed by atoms with Gasteiger partial charge in [0.2, 0.25) is 0 Å². The quantitative estimate of drug-likeness (QED) is 0.593. The summed E-state index contributed by atoms with van der Waals surface area (Å²) in [7, 11) is 1.81. The summed E-state index contributed by atoms with van der Waals surface area (Å²) in [6, 6.07) is 6.48. The number of rotatable bonds is 5. The van der Waals surface area contributed by atoms with Crippen molar-refractivity contribution in [3.05, 3.63) is 47.5 Å². The van der Waals surface area contributed by atoms with Gasteiger partial charge >= 0.3 is 6.03 Å². The summed E-state index contributed by atoms with van der Waals surface area (Å²) in [5.74, 6) is 0.253. The highest BCUT2D eigenvalue weighted by molar-refractivity contribution is 5.92. The number of halogens is 1. The lowest BCUT2D eigenvalue weighted by molar-refractivity contribution is -0.0465. The molecule has 4 rings (SSSR count). The summed E-state index contributed by atoms with van der Waals surface area (Å²) in [5, 5.41) is 9.20. The molecule has 1 unspecified atom stereocenters. The number of nitrogens with zero attached hydrogens (tertiary/aromatic N) is 2. The highest BCUT2D eigenvalue weighted by Gasteiger charge is 2.19. The van der Waals surface area contributed by atoms with E-state index in [1.165, 1.54) is 6.07 Å². The number of urea groups is 1. The van der Waals surface area contributed by atoms with E-state index in [4.69, 9.17) is 9.72 Å². The van der Waals surface area contributed by atoms with Crippen molar-refractivity contribution in [2.24, 2.45) is 0 Å². The Kier molecular flexibility index (Phi) is 5.50. The Labute approximate surface area is 174 Å². The van der Waals surface area contributed by atoms with Crippen molar-refractivity contribution in [1.29, 1.82) is 0 Å². The molecule has 156 valence electrons. The maximum absolute atomic E-state index is 14.5. The average molecular weight is 409 g/mol. The zero-order valence-electron chi connectivity index (χ0n) is 17.2. The van der Waals surface area contributed by atoms with Gasteiger partial charge in [-0.25, -0.2) is 14.2 Å². The monoisotopic (exact) mass is 409 g/mol. The third-order valence-corrected chi connectivity index (χ3v) is 5.28. The van der Waals surface area contributed by atoms with Crippen LogP contribution in [-0.2, 0) is 4.74 Å². The van der Waals surface area contributed by atoms with Crippen molar-refractivity contribution >= 4 is 28.4 Å². The molecule has 1 aromatic carbocycles. The first kappa shape index (κ1) is 20.0. The highest BCUT2D eigenvalue weighted by atomic mass is 19.1. The van der Waals surface area contributed by atoms with Crippen LogP contribution in [0.25, 0.3) is 22.0 Å². The molecule has 3 aromatic rings. The molecule has 7 nitrogen and oxygen atoms in total. The molecule has 8 heteroatoms. The van der Waals surface area contributed by atoms with Crippen LogP contribution in [0, 0.1) is 19.7 Å². The Morgan fingerprint density at radius 1 is 1.23 bits per heavy atom. The minimum Gasteiger partial charge on any atom is -0.376 e. The predicted molar refractivity (Wildman–Crippen MR) is 115 cm³/mol. The van der Waals surface area contributed by atoms with E-state index >= 15 is 0 Å². The van der Waals surface area contributed by atoms with Crippen molar-refractivity contribution in [2.75, 3.05) is 30.8 Å². The molecule has 3 heterocycles. The second-order valence-electron chi connectivity index (χ2n) is 7.40. The van der Waals surface area contributed by atoms with Gasteiger partial charge in [-0.3, -0.25) is 4.98 Å². The standard InChI is InChI=1S/C22H24FN5O2/c1-12-6-18(23)20(28-22(29)26-11-15-4-5-30-15)8-16(12)17-7-14-10-25-21(24-3)9-19(14)27-13(17)2/h6-10,15H,4-5,11H2,1-3H3,(H,24,25)(H2,26,28,29). The molecular formula is C22H24FN5O2. The number of nitrogens with one attached hydrogen (secondary N) is 3. The summed E-state index contributed by atoms with van der Waals surface area (Å²) in [6.07, 6.45) is 2.71. The second kappa shape index (κ2) is 8.23. The number of carbonyl (C=O) groups excluding carboxylic acids is 1. The van der Waals surface area contributed by atoms with Crippen LogP contribution < -0.4 is 16.0 Å². The lowest BCUT2D eigenvalue weighted by Crippen LogP contribution is -2.41. The van der Waals surface area contributed by atoms with Crippen LogP contribution in [0.3, 0.4) is 0 Å². The van der Waals surface area contributed by atoms with Crippen LogP contribution in [0.4, 0.5) is 20.7 Å². The number of carbonyl (C=O) groups is 1. The van der Waals surface area contributed by atoms with Gasteiger partial charge in [-0.1, -0.05) is 0 Å². The van der Waals surface area contributed by atoms with E-state index in [1.54, 1.807) is 19.3 Å². The third-order valence-electron chi connectivity index (χ3n) is 5.28. The van der Waals surface area contributed by atoms with E-state index < -0.39 is 11.8 Å². The van der Waals surface area contributed by atoms with Crippen molar-refractivity contribution in [1.82, 2.24) is 15.3 Å². The first-order chi connectivity index (χ1) is 14.4. The Morgan fingerprint density at radius 3 is 2.73 bits per heavy atom. The topological polar surface area (TPSA) is 88.2 Å². The zero-order valence-corrected chi connectivity index (χ0v) is 17.2. The SMILES string of the molecule is CNc1cc2nc(C)c(-c3cc(NC(=O)NCC4CCO4)c(F)cc3C)cc2cn1. The number of benzene rings is 1. The molecule has 1 atom stereocenters. The summed E-state index contributed by atoms with van der Waals surface area (Å²) in [6.45, 7) is 4.87. The van der Waals surface area contributed by atoms with E-state index in [0.29, 0.717) is 6.54 Å². The van der Waals surface area contributed by atoms with Crippen LogP contribution in [0.1, 0.15) is 17.7 Å². The molecule has 1 saturated heterocycles. The summed E-state index contributed by atoms with van der Waals surface area (Å²) >= 11 is 0. The Hall–Kier alpha value is -3.26. The van der Waals surface area contributed by atoms with Crippen molar-refractivity contribution in [3.8, 4) is 11.1 Å². The molecule has 1 fully saturated rings. The van der Waals surface area contributed by atoms with Gasteiger partial charge in [0.15, 0.2) is 0 Å². The first-order valence-corrected chi connectivity index (χ1v) is 9.86. The third kappa shape index (κ3) is 4.04. The number of anilines is 2. The highest BCUT2D eigenvalue weighted by Crippen LogP contribution is 2.32. The zero-order chi connectivity index (χ0) is 21.3. The second-order valence-corrected chi connectivity index (χ2v) is 7.40. The lowest BCUT2D eigenvalue weighted by atomic mass is 9.97. The van der Waals surface area contributed by atoms with Crippen LogP contribution >= 0.6 is 0 Å². The Morgan fingerprint density at radius 2 is 2.03 bits per heavy atom. The molecule has 1 aliphatic rings. The van der Waals surface area contributed by atoms with Gasteiger partial charge in [0.1, 0.15) is 11.6 Å². The number of aromatic nitrogens is 2. The molecule has 0 radical (unpaired) electrons. The number of ether oxygens (including phenoxy) is 1. The fourth-order valence-electron chi connectivity index (χ4n) is 3.45. The molecule has 0 bridgehead atoms. The molecule has 3 N–H and O–H groups in total. The fraction of sp³-hybridized carbons (Fsp3) is 0.318. The van der Waals surface area contributed by atoms with Gasteiger partial charge in [-0.05, 0) is 49.6 Å². The molecule has 0 saturated carbocycles. The number of hydrogen-bond acceptors (Lipinski definition) is 5. The van der Waals surface area contributed by atoms with E-state index in [0.717, 1.165) is 52.1 Å². The van der Waals surface area contributed by atoms with Gasteiger partial charge in [-0.15, -0.1) is 0 Å². The van der Waals surface area contributed by atoms with Crippen LogP contribution in [-0.4, -0.2) is 42.3 Å². The van der Waals surface area contributed by atoms with Crippen LogP contribution in [0.5, 0.6) is 0 Å². The number of amides is 2. The molecule has 30 heavy (non-hydrogen) atoms. The summed E-state index contributed by atoms with van der Waals surface area (Å²) in [4.78, 5) is 21.2. The lowest BCUT2D eigenvalue weighted by Gasteiger charge is -2.26. The summed E-state index contributed by atoms with van der Waals surface area (Å²) < 4.78 is 19.8. The van der Waals surface area contributed by atoms with Gasteiger partial charge < -0.3 is 20.7 Å². The largest absolute Gasteiger partial charge is 0.376 e. The van der Waals surface area contributed by atoms with Gasteiger partial charge in [0, 0.05) is 49.1 Å². The predicted octanol–water partition coefficient (Wildman–Crippen LogP) is 4.00. The molecule has 2 amide bonds. The van der Waals surface area contributed by atoms with Gasteiger partial charge in [-0.2, -0.15) is 0 Å². The number of fused-ring (bicyclic) bond motifs is 1. The molecular weight excluding hydrogens is 385 g/mol. The van der Waals surface area contributed by atoms with Crippen molar-refractivity contribution in [3.63, 3.8) is 0 Å². The number of aryl methyl sites for hydroxylation is 2. The maximum atomic E-state index is 14.5. The van der Waals surface area contributed by atoms with Crippen molar-refractivity contribution in [2.45, 2.75) is 26.4 Å². The molecule has 2 aromatic heterocycles. The van der Waals surface area contributed by atoms with E-state index in [1.807, 2.05) is 26.0 Å². The number of hydrogen-bond donors (Lipinski definition) is 3.